The van der Waals surface area contributed by atoms with Crippen LogP contribution in [0.15, 0.2) is 23.8 Å². The van der Waals surface area contributed by atoms with Gasteiger partial charge in [-0.3, -0.25) is 4.40 Å². The molecule has 0 radical (unpaired) electrons. The van der Waals surface area contributed by atoms with Gasteiger partial charge in [0.2, 0.25) is 0 Å². The molecular weight excluding hydrogens is 192 g/mol. The minimum Gasteiger partial charge on any atom is -0.291 e. The number of aromatic nitrogens is 2. The van der Waals surface area contributed by atoms with E-state index in [0.29, 0.717) is 0 Å². The molecule has 0 bridgehead atoms. The Kier molecular flexibility index (Phi) is 1.91. The van der Waals surface area contributed by atoms with Gasteiger partial charge < -0.3 is 0 Å². The Morgan fingerprint density at radius 2 is 2.36 bits per heavy atom. The lowest BCUT2D eigenvalue weighted by Crippen LogP contribution is -1.94. The van der Waals surface area contributed by atoms with Crippen LogP contribution in [0.2, 0.25) is 0 Å². The summed E-state index contributed by atoms with van der Waals surface area (Å²) >= 11 is 1.70. The smallest absolute Gasteiger partial charge is 0.194 e. The van der Waals surface area contributed by atoms with Crippen LogP contribution >= 0.6 is 11.3 Å². The molecule has 0 N–H and O–H groups in total. The molecule has 0 aromatic carbocycles. The molecule has 3 rings (SSSR count). The van der Waals surface area contributed by atoms with Crippen LogP contribution < -0.4 is 0 Å². The number of hydrogen-bond acceptors (Lipinski definition) is 2. The zero-order valence-electron chi connectivity index (χ0n) is 7.94. The summed E-state index contributed by atoms with van der Waals surface area (Å²) in [5.41, 5.74) is 2.77. The van der Waals surface area contributed by atoms with E-state index in [1.165, 1.54) is 37.0 Å². The molecule has 2 aromatic heterocycles. The molecule has 0 spiro atoms. The molecule has 3 heteroatoms. The third-order valence-electron chi connectivity index (χ3n) is 2.77. The Bertz CT molecular complexity index is 478. The largest absolute Gasteiger partial charge is 0.291 e. The van der Waals surface area contributed by atoms with Crippen molar-refractivity contribution in [1.82, 2.24) is 9.38 Å². The van der Waals surface area contributed by atoms with Crippen molar-refractivity contribution < 1.29 is 0 Å². The average Bonchev–Trinajstić information content (AvgIpc) is 2.79. The Morgan fingerprint density at radius 1 is 1.36 bits per heavy atom. The van der Waals surface area contributed by atoms with Gasteiger partial charge in [0.25, 0.3) is 0 Å². The second kappa shape index (κ2) is 3.24. The lowest BCUT2D eigenvalue weighted by atomic mass is 9.98. The van der Waals surface area contributed by atoms with Crippen molar-refractivity contribution in [3.63, 3.8) is 0 Å². The Hall–Kier alpha value is -1.09. The van der Waals surface area contributed by atoms with Gasteiger partial charge >= 0.3 is 0 Å². The van der Waals surface area contributed by atoms with Gasteiger partial charge in [-0.15, -0.1) is 11.3 Å². The van der Waals surface area contributed by atoms with Crippen molar-refractivity contribution >= 4 is 21.9 Å². The van der Waals surface area contributed by atoms with Crippen LogP contribution in [-0.4, -0.2) is 9.38 Å². The summed E-state index contributed by atoms with van der Waals surface area (Å²) in [6, 6.07) is 0. The van der Waals surface area contributed by atoms with E-state index in [2.05, 4.69) is 27.0 Å². The van der Waals surface area contributed by atoms with Gasteiger partial charge in [0.15, 0.2) is 4.96 Å². The highest BCUT2D eigenvalue weighted by Gasteiger charge is 2.11. The SMILES string of the molecule is C1=C(c2cnc3sccn23)CCCC1. The summed E-state index contributed by atoms with van der Waals surface area (Å²) in [6.07, 6.45) is 11.6. The van der Waals surface area contributed by atoms with Crippen LogP contribution in [-0.2, 0) is 0 Å². The lowest BCUT2D eigenvalue weighted by molar-refractivity contribution is 0.739. The van der Waals surface area contributed by atoms with E-state index in [1.807, 2.05) is 6.20 Å². The molecular formula is C11H12N2S. The molecule has 0 saturated heterocycles. The first-order chi connectivity index (χ1) is 6.95. The van der Waals surface area contributed by atoms with Gasteiger partial charge in [-0.1, -0.05) is 6.08 Å². The van der Waals surface area contributed by atoms with Gasteiger partial charge in [-0.05, 0) is 31.3 Å². The van der Waals surface area contributed by atoms with Gasteiger partial charge in [0.05, 0.1) is 11.9 Å². The highest BCUT2D eigenvalue weighted by Crippen LogP contribution is 2.28. The first-order valence-corrected chi connectivity index (χ1v) is 5.93. The molecule has 0 aliphatic heterocycles. The van der Waals surface area contributed by atoms with Crippen LogP contribution in [0.3, 0.4) is 0 Å². The molecule has 2 aromatic rings. The van der Waals surface area contributed by atoms with Crippen LogP contribution in [0.1, 0.15) is 31.4 Å². The molecule has 2 heterocycles. The summed E-state index contributed by atoms with van der Waals surface area (Å²) in [6.45, 7) is 0. The highest BCUT2D eigenvalue weighted by atomic mass is 32.1. The minimum atomic E-state index is 1.10. The average molecular weight is 204 g/mol. The molecule has 14 heavy (non-hydrogen) atoms. The molecule has 0 saturated carbocycles. The van der Waals surface area contributed by atoms with Crippen LogP contribution in [0, 0.1) is 0 Å². The summed E-state index contributed by atoms with van der Waals surface area (Å²) < 4.78 is 2.20. The zero-order chi connectivity index (χ0) is 9.38. The van der Waals surface area contributed by atoms with Crippen LogP contribution in [0.4, 0.5) is 0 Å². The van der Waals surface area contributed by atoms with Crippen molar-refractivity contribution in [1.29, 1.82) is 0 Å². The van der Waals surface area contributed by atoms with Crippen molar-refractivity contribution in [2.24, 2.45) is 0 Å². The summed E-state index contributed by atoms with van der Waals surface area (Å²) in [4.78, 5) is 5.50. The van der Waals surface area contributed by atoms with E-state index in [0.717, 1.165) is 4.96 Å². The first kappa shape index (κ1) is 8.24. The monoisotopic (exact) mass is 204 g/mol. The van der Waals surface area contributed by atoms with Crippen molar-refractivity contribution in [2.75, 3.05) is 0 Å². The summed E-state index contributed by atoms with van der Waals surface area (Å²) in [7, 11) is 0. The molecule has 72 valence electrons. The number of fused-ring (bicyclic) bond motifs is 1. The van der Waals surface area contributed by atoms with E-state index >= 15 is 0 Å². The normalized spacial score (nSPS) is 17.3. The van der Waals surface area contributed by atoms with E-state index in [-0.39, 0.29) is 0 Å². The van der Waals surface area contributed by atoms with Crippen LogP contribution in [0.25, 0.3) is 10.5 Å². The maximum absolute atomic E-state index is 4.39. The van der Waals surface area contributed by atoms with Gasteiger partial charge in [0, 0.05) is 11.6 Å². The fraction of sp³-hybridized carbons (Fsp3) is 0.364. The van der Waals surface area contributed by atoms with E-state index in [1.54, 1.807) is 11.3 Å². The third-order valence-corrected chi connectivity index (χ3v) is 3.54. The third kappa shape index (κ3) is 1.20. The second-order valence-corrected chi connectivity index (χ2v) is 4.55. The lowest BCUT2D eigenvalue weighted by Gasteiger charge is -2.11. The number of thiazole rings is 1. The maximum Gasteiger partial charge on any atom is 0.194 e. The Morgan fingerprint density at radius 3 is 3.21 bits per heavy atom. The molecule has 0 amide bonds. The van der Waals surface area contributed by atoms with E-state index in [9.17, 15) is 0 Å². The number of rotatable bonds is 1. The molecule has 2 nitrogen and oxygen atoms in total. The number of allylic oxidation sites excluding steroid dienone is 2. The number of nitrogens with zero attached hydrogens (tertiary/aromatic N) is 2. The number of hydrogen-bond donors (Lipinski definition) is 0. The quantitative estimate of drug-likeness (QED) is 0.696. The van der Waals surface area contributed by atoms with E-state index < -0.39 is 0 Å². The highest BCUT2D eigenvalue weighted by molar-refractivity contribution is 7.15. The predicted octanol–water partition coefficient (Wildman–Crippen LogP) is 3.35. The zero-order valence-corrected chi connectivity index (χ0v) is 8.76. The van der Waals surface area contributed by atoms with Crippen molar-refractivity contribution in [3.8, 4) is 0 Å². The summed E-state index contributed by atoms with van der Waals surface area (Å²) in [5.74, 6) is 0. The van der Waals surface area contributed by atoms with E-state index in [4.69, 9.17) is 0 Å². The van der Waals surface area contributed by atoms with Crippen molar-refractivity contribution in [3.05, 3.63) is 29.5 Å². The van der Waals surface area contributed by atoms with Gasteiger partial charge in [0.1, 0.15) is 0 Å². The van der Waals surface area contributed by atoms with Crippen molar-refractivity contribution in [2.45, 2.75) is 25.7 Å². The molecule has 0 fully saturated rings. The topological polar surface area (TPSA) is 17.3 Å². The minimum absolute atomic E-state index is 1.10. The van der Waals surface area contributed by atoms with Gasteiger partial charge in [-0.2, -0.15) is 0 Å². The molecule has 1 aliphatic rings. The molecule has 0 atom stereocenters. The van der Waals surface area contributed by atoms with Crippen LogP contribution in [0.5, 0.6) is 0 Å². The summed E-state index contributed by atoms with van der Waals surface area (Å²) in [5, 5.41) is 2.09. The Labute approximate surface area is 86.9 Å². The molecule has 1 aliphatic carbocycles. The molecule has 0 unspecified atom stereocenters. The Balaban J connectivity index is 2.12. The predicted molar refractivity (Wildman–Crippen MR) is 59.5 cm³/mol. The first-order valence-electron chi connectivity index (χ1n) is 5.05. The fourth-order valence-corrected chi connectivity index (χ4v) is 2.73. The maximum atomic E-state index is 4.39. The fourth-order valence-electron chi connectivity index (χ4n) is 2.04. The number of imidazole rings is 1. The van der Waals surface area contributed by atoms with Gasteiger partial charge in [-0.25, -0.2) is 4.98 Å². The standard InChI is InChI=1S/C11H12N2S/c1-2-4-9(5-3-1)10-8-12-11-13(10)6-7-14-11/h4,6-8H,1-3,5H2. The second-order valence-electron chi connectivity index (χ2n) is 3.67.